The molecule has 222 valence electrons. The van der Waals surface area contributed by atoms with Crippen LogP contribution in [0.5, 0.6) is 0 Å². The normalized spacial score (nSPS) is 20.6. The van der Waals surface area contributed by atoms with Crippen LogP contribution in [-0.4, -0.2) is 113 Å². The summed E-state index contributed by atoms with van der Waals surface area (Å²) in [5.41, 5.74) is 8.80. The minimum atomic E-state index is -0.836. The number of carbonyl (C=O) groups excluding carboxylic acids is 3. The van der Waals surface area contributed by atoms with Crippen LogP contribution in [0.1, 0.15) is 19.0 Å². The van der Waals surface area contributed by atoms with Gasteiger partial charge in [-0.1, -0.05) is 6.07 Å². The Bertz CT molecular complexity index is 1140. The molecule has 0 bridgehead atoms. The highest BCUT2D eigenvalue weighted by Gasteiger charge is 2.44. The molecule has 0 saturated carbocycles. The summed E-state index contributed by atoms with van der Waals surface area (Å²) in [5.74, 6) is -0.309. The molecular formula is C29H42N8O3S. The minimum absolute atomic E-state index is 0.000367. The summed E-state index contributed by atoms with van der Waals surface area (Å²) >= 11 is 1.42. The van der Waals surface area contributed by atoms with Gasteiger partial charge in [-0.3, -0.25) is 19.4 Å². The fourth-order valence-electron chi connectivity index (χ4n) is 4.90. The number of carbonyl (C=O) groups is 3. The number of pyridine rings is 1. The van der Waals surface area contributed by atoms with Crippen LogP contribution in [0.2, 0.25) is 0 Å². The summed E-state index contributed by atoms with van der Waals surface area (Å²) in [7, 11) is 2.12. The molecule has 0 spiro atoms. The van der Waals surface area contributed by atoms with Crippen LogP contribution in [0.25, 0.3) is 0 Å². The van der Waals surface area contributed by atoms with Gasteiger partial charge in [0.05, 0.1) is 0 Å². The van der Waals surface area contributed by atoms with Crippen LogP contribution in [-0.2, 0) is 20.8 Å². The smallest absolute Gasteiger partial charge is 0.239 e. The van der Waals surface area contributed by atoms with E-state index in [-0.39, 0.29) is 23.0 Å². The molecule has 0 aliphatic carbocycles. The second kappa shape index (κ2) is 15.2. The van der Waals surface area contributed by atoms with E-state index in [1.54, 1.807) is 11.1 Å². The SMILES string of the molecule is CCN1C(=O)[C@@H](CNc2ccc(NC(=O)CCN3CCN(C)CC3)cc2)SC1[C@H](N)C(=O)NCCc1ccccn1. The third-order valence-corrected chi connectivity index (χ3v) is 8.96. The molecular weight excluding hydrogens is 540 g/mol. The number of benzene rings is 1. The van der Waals surface area contributed by atoms with Crippen LogP contribution in [0, 0.1) is 0 Å². The number of rotatable bonds is 13. The molecule has 1 unspecified atom stereocenters. The zero-order chi connectivity index (χ0) is 29.2. The van der Waals surface area contributed by atoms with E-state index in [1.165, 1.54) is 11.8 Å². The molecule has 4 rings (SSSR count). The third-order valence-electron chi connectivity index (χ3n) is 7.44. The van der Waals surface area contributed by atoms with Crippen molar-refractivity contribution in [1.29, 1.82) is 0 Å². The van der Waals surface area contributed by atoms with Crippen LogP contribution in [0.3, 0.4) is 0 Å². The zero-order valence-electron chi connectivity index (χ0n) is 23.9. The van der Waals surface area contributed by atoms with Gasteiger partial charge in [0.15, 0.2) is 0 Å². The Morgan fingerprint density at radius 2 is 1.83 bits per heavy atom. The lowest BCUT2D eigenvalue weighted by Crippen LogP contribution is -2.53. The molecule has 0 radical (unpaired) electrons. The van der Waals surface area contributed by atoms with Crippen molar-refractivity contribution in [2.24, 2.45) is 5.73 Å². The van der Waals surface area contributed by atoms with Crippen molar-refractivity contribution in [2.45, 2.75) is 36.4 Å². The molecule has 2 saturated heterocycles. The summed E-state index contributed by atoms with van der Waals surface area (Å²) in [6, 6.07) is 12.3. The van der Waals surface area contributed by atoms with Gasteiger partial charge in [-0.2, -0.15) is 0 Å². The minimum Gasteiger partial charge on any atom is -0.383 e. The molecule has 1 aromatic heterocycles. The van der Waals surface area contributed by atoms with Crippen molar-refractivity contribution < 1.29 is 14.4 Å². The molecule has 3 amide bonds. The number of nitrogens with zero attached hydrogens (tertiary/aromatic N) is 4. The molecule has 2 aromatic rings. The highest BCUT2D eigenvalue weighted by Crippen LogP contribution is 2.33. The average Bonchev–Trinajstić information content (AvgIpc) is 3.31. The summed E-state index contributed by atoms with van der Waals surface area (Å²) in [6.07, 6.45) is 2.80. The monoisotopic (exact) mass is 582 g/mol. The number of anilines is 2. The molecule has 1 aromatic carbocycles. The van der Waals surface area contributed by atoms with Gasteiger partial charge in [0.2, 0.25) is 17.7 Å². The lowest BCUT2D eigenvalue weighted by molar-refractivity contribution is -0.131. The Morgan fingerprint density at radius 1 is 1.10 bits per heavy atom. The zero-order valence-corrected chi connectivity index (χ0v) is 24.7. The van der Waals surface area contributed by atoms with Gasteiger partial charge >= 0.3 is 0 Å². The summed E-state index contributed by atoms with van der Waals surface area (Å²) < 4.78 is 0. The van der Waals surface area contributed by atoms with Crippen LogP contribution in [0.15, 0.2) is 48.7 Å². The van der Waals surface area contributed by atoms with Gasteiger partial charge in [0, 0.05) is 88.5 Å². The Labute approximate surface area is 246 Å². The predicted molar refractivity (Wildman–Crippen MR) is 164 cm³/mol. The number of hydrogen-bond acceptors (Lipinski definition) is 9. The molecule has 12 heteroatoms. The molecule has 2 aliphatic rings. The topological polar surface area (TPSA) is 136 Å². The maximum atomic E-state index is 13.1. The van der Waals surface area contributed by atoms with E-state index in [4.69, 9.17) is 5.73 Å². The molecule has 41 heavy (non-hydrogen) atoms. The average molecular weight is 583 g/mol. The van der Waals surface area contributed by atoms with E-state index >= 15 is 0 Å². The van der Waals surface area contributed by atoms with Gasteiger partial charge in [-0.25, -0.2) is 0 Å². The van der Waals surface area contributed by atoms with E-state index in [0.29, 0.717) is 32.5 Å². The van der Waals surface area contributed by atoms with Crippen LogP contribution < -0.4 is 21.7 Å². The summed E-state index contributed by atoms with van der Waals surface area (Å²) in [4.78, 5) is 48.8. The van der Waals surface area contributed by atoms with Crippen molar-refractivity contribution in [2.75, 3.05) is 70.0 Å². The van der Waals surface area contributed by atoms with Gasteiger partial charge in [-0.15, -0.1) is 11.8 Å². The second-order valence-electron chi connectivity index (χ2n) is 10.4. The van der Waals surface area contributed by atoms with Crippen molar-refractivity contribution >= 4 is 40.9 Å². The first-order valence-corrected chi connectivity index (χ1v) is 15.2. The summed E-state index contributed by atoms with van der Waals surface area (Å²) in [5, 5.41) is 8.37. The number of aromatic nitrogens is 1. The van der Waals surface area contributed by atoms with Crippen molar-refractivity contribution in [3.05, 3.63) is 54.4 Å². The lowest BCUT2D eigenvalue weighted by atomic mass is 10.2. The fraction of sp³-hybridized carbons (Fsp3) is 0.517. The van der Waals surface area contributed by atoms with Crippen LogP contribution in [0.4, 0.5) is 11.4 Å². The second-order valence-corrected chi connectivity index (χ2v) is 11.8. The van der Waals surface area contributed by atoms with Crippen LogP contribution >= 0.6 is 11.8 Å². The van der Waals surface area contributed by atoms with E-state index in [1.807, 2.05) is 49.4 Å². The van der Waals surface area contributed by atoms with Crippen molar-refractivity contribution in [3.8, 4) is 0 Å². The number of likely N-dealkylation sites (N-methyl/N-ethyl adjacent to an activating group) is 2. The first-order valence-electron chi connectivity index (χ1n) is 14.3. The number of thioether (sulfide) groups is 1. The quantitative estimate of drug-likeness (QED) is 0.273. The lowest BCUT2D eigenvalue weighted by Gasteiger charge is -2.32. The van der Waals surface area contributed by atoms with Crippen molar-refractivity contribution in [3.63, 3.8) is 0 Å². The third kappa shape index (κ3) is 8.90. The van der Waals surface area contributed by atoms with E-state index in [2.05, 4.69) is 37.8 Å². The maximum absolute atomic E-state index is 13.1. The predicted octanol–water partition coefficient (Wildman–Crippen LogP) is 1.05. The molecule has 3 heterocycles. The molecule has 2 fully saturated rings. The Kier molecular flexibility index (Phi) is 11.4. The van der Waals surface area contributed by atoms with Crippen molar-refractivity contribution in [1.82, 2.24) is 25.0 Å². The number of piperazine rings is 1. The van der Waals surface area contributed by atoms with Gasteiger partial charge in [0.1, 0.15) is 16.7 Å². The molecule has 3 atom stereocenters. The summed E-state index contributed by atoms with van der Waals surface area (Å²) in [6.45, 7) is 8.03. The number of nitrogens with two attached hydrogens (primary N) is 1. The fourth-order valence-corrected chi connectivity index (χ4v) is 6.36. The van der Waals surface area contributed by atoms with E-state index in [0.717, 1.165) is 49.8 Å². The molecule has 2 aliphatic heterocycles. The molecule has 11 nitrogen and oxygen atoms in total. The Balaban J connectivity index is 1.20. The number of hydrogen-bond donors (Lipinski definition) is 4. The largest absolute Gasteiger partial charge is 0.383 e. The first kappa shape index (κ1) is 30.8. The first-order chi connectivity index (χ1) is 19.8. The number of nitrogens with one attached hydrogen (secondary N) is 3. The Hall–Kier alpha value is -3.19. The standard InChI is InChI=1S/C29H42N8O3S/c1-3-37-28(40)24(41-29(37)26(30)27(39)32-14-11-21-6-4-5-13-31-21)20-33-22-7-9-23(10-8-22)34-25(38)12-15-36-18-16-35(2)17-19-36/h4-10,13,24,26,29,33H,3,11-12,14-20,30H2,1-2H3,(H,32,39)(H,34,38)/t24-,26-,29?/m1/s1. The van der Waals surface area contributed by atoms with Gasteiger partial charge in [-0.05, 0) is 50.4 Å². The molecule has 5 N–H and O–H groups in total. The highest BCUT2D eigenvalue weighted by molar-refractivity contribution is 8.01. The van der Waals surface area contributed by atoms with E-state index < -0.39 is 11.4 Å². The maximum Gasteiger partial charge on any atom is 0.239 e. The van der Waals surface area contributed by atoms with Gasteiger partial charge < -0.3 is 36.4 Å². The van der Waals surface area contributed by atoms with Gasteiger partial charge in [0.25, 0.3) is 0 Å². The Morgan fingerprint density at radius 3 is 2.51 bits per heavy atom. The highest BCUT2D eigenvalue weighted by atomic mass is 32.2. The number of amides is 3. The van der Waals surface area contributed by atoms with E-state index in [9.17, 15) is 14.4 Å².